The van der Waals surface area contributed by atoms with Gasteiger partial charge in [0.15, 0.2) is 5.76 Å². The molecule has 0 bridgehead atoms. The Labute approximate surface area is 174 Å². The maximum atomic E-state index is 13.4. The Morgan fingerprint density at radius 2 is 1.93 bits per heavy atom. The van der Waals surface area contributed by atoms with E-state index in [1.54, 1.807) is 14.0 Å². The van der Waals surface area contributed by atoms with E-state index in [9.17, 15) is 14.7 Å². The molecule has 1 unspecified atom stereocenters. The number of hydrogen-bond donors (Lipinski definition) is 1. The van der Waals surface area contributed by atoms with Crippen molar-refractivity contribution >= 4 is 23.0 Å². The second-order valence-corrected chi connectivity index (χ2v) is 8.66. The number of hydrogen-bond acceptors (Lipinski definition) is 6. The average Bonchev–Trinajstić information content (AvgIpc) is 3.16. The number of aliphatic hydroxyl groups is 1. The smallest absolute Gasteiger partial charge is 0.290 e. The molecule has 7 heteroatoms. The van der Waals surface area contributed by atoms with Crippen molar-refractivity contribution in [2.75, 3.05) is 20.3 Å². The molecule has 2 aromatic rings. The zero-order valence-electron chi connectivity index (χ0n) is 17.4. The molecule has 0 aliphatic carbocycles. The molecule has 2 heterocycles. The van der Waals surface area contributed by atoms with Gasteiger partial charge in [-0.2, -0.15) is 0 Å². The minimum atomic E-state index is -0.659. The highest BCUT2D eigenvalue weighted by Gasteiger charge is 2.44. The van der Waals surface area contributed by atoms with E-state index >= 15 is 0 Å². The van der Waals surface area contributed by atoms with Crippen LogP contribution in [-0.4, -0.2) is 46.9 Å². The molecule has 1 atom stereocenters. The number of aliphatic hydroxyl groups excluding tert-OH is 1. The number of aromatic nitrogens is 1. The maximum Gasteiger partial charge on any atom is 0.290 e. The van der Waals surface area contributed by atoms with Gasteiger partial charge in [0.05, 0.1) is 33.8 Å². The van der Waals surface area contributed by atoms with Gasteiger partial charge in [-0.15, -0.1) is 11.3 Å². The van der Waals surface area contributed by atoms with Gasteiger partial charge in [-0.3, -0.25) is 9.59 Å². The van der Waals surface area contributed by atoms with Gasteiger partial charge in [-0.25, -0.2) is 4.98 Å². The van der Waals surface area contributed by atoms with E-state index in [-0.39, 0.29) is 17.9 Å². The van der Waals surface area contributed by atoms with Gasteiger partial charge in [0, 0.05) is 13.7 Å². The van der Waals surface area contributed by atoms with Crippen molar-refractivity contribution < 1.29 is 19.4 Å². The van der Waals surface area contributed by atoms with Gasteiger partial charge in [0.1, 0.15) is 0 Å². The van der Waals surface area contributed by atoms with Crippen molar-refractivity contribution in [2.24, 2.45) is 0 Å². The summed E-state index contributed by atoms with van der Waals surface area (Å²) >= 11 is 1.27. The Kier molecular flexibility index (Phi) is 6.19. The summed E-state index contributed by atoms with van der Waals surface area (Å²) in [4.78, 5) is 32.4. The topological polar surface area (TPSA) is 79.7 Å². The van der Waals surface area contributed by atoms with Gasteiger partial charge in [0.25, 0.3) is 5.91 Å². The van der Waals surface area contributed by atoms with Crippen LogP contribution in [0.5, 0.6) is 0 Å². The van der Waals surface area contributed by atoms with E-state index in [1.165, 1.54) is 16.2 Å². The van der Waals surface area contributed by atoms with Gasteiger partial charge in [-0.05, 0) is 30.9 Å². The van der Waals surface area contributed by atoms with Crippen LogP contribution in [0.25, 0.3) is 0 Å². The zero-order valence-corrected chi connectivity index (χ0v) is 18.2. The van der Waals surface area contributed by atoms with Gasteiger partial charge >= 0.3 is 0 Å². The van der Waals surface area contributed by atoms with Crippen molar-refractivity contribution in [1.29, 1.82) is 0 Å². The number of carbonyl (C=O) groups is 2. The number of rotatable bonds is 7. The van der Waals surface area contributed by atoms with Crippen molar-refractivity contribution in [1.82, 2.24) is 9.88 Å². The van der Waals surface area contributed by atoms with Crippen LogP contribution < -0.4 is 0 Å². The lowest BCUT2D eigenvalue weighted by Gasteiger charge is -2.26. The van der Waals surface area contributed by atoms with Crippen molar-refractivity contribution in [3.05, 3.63) is 62.3 Å². The molecular weight excluding hydrogens is 388 g/mol. The Morgan fingerprint density at radius 3 is 2.45 bits per heavy atom. The molecule has 29 heavy (non-hydrogen) atoms. The summed E-state index contributed by atoms with van der Waals surface area (Å²) < 4.78 is 5.14. The Bertz CT molecular complexity index is 960. The van der Waals surface area contributed by atoms with Crippen LogP contribution in [0, 0.1) is 13.8 Å². The molecule has 0 fully saturated rings. The zero-order chi connectivity index (χ0) is 21.3. The number of ether oxygens (including phenoxy) is 1. The predicted octanol–water partition coefficient (Wildman–Crippen LogP) is 4.11. The fourth-order valence-electron chi connectivity index (χ4n) is 3.58. The summed E-state index contributed by atoms with van der Waals surface area (Å²) in [5.41, 5.74) is 2.66. The van der Waals surface area contributed by atoms with Crippen molar-refractivity contribution in [2.45, 2.75) is 39.7 Å². The largest absolute Gasteiger partial charge is 0.503 e. The lowest BCUT2D eigenvalue weighted by atomic mass is 9.93. The third-order valence-electron chi connectivity index (χ3n) is 5.11. The standard InChI is InChI=1S/C22H26N2O4S/c1-12(2)15-6-8-16(9-7-15)18-17(19(25)21-13(3)23-14(4)29-21)20(26)22(27)24(18)10-11-28-5/h6-9,12,18,26H,10-11H2,1-5H3. The van der Waals surface area contributed by atoms with Crippen molar-refractivity contribution in [3.63, 3.8) is 0 Å². The first kappa shape index (κ1) is 21.2. The fraction of sp³-hybridized carbons (Fsp3) is 0.409. The molecule has 0 radical (unpaired) electrons. The Morgan fingerprint density at radius 1 is 1.28 bits per heavy atom. The lowest BCUT2D eigenvalue weighted by Crippen LogP contribution is -2.34. The highest BCUT2D eigenvalue weighted by Crippen LogP contribution is 2.40. The first-order valence-electron chi connectivity index (χ1n) is 9.57. The van der Waals surface area contributed by atoms with Crippen LogP contribution in [0.4, 0.5) is 0 Å². The van der Waals surface area contributed by atoms with Crippen LogP contribution in [0.2, 0.25) is 0 Å². The van der Waals surface area contributed by atoms with E-state index in [2.05, 4.69) is 18.8 Å². The molecule has 6 nitrogen and oxygen atoms in total. The normalized spacial score (nSPS) is 17.0. The second kappa shape index (κ2) is 8.47. The van der Waals surface area contributed by atoms with Gasteiger partial charge in [0.2, 0.25) is 5.78 Å². The number of methoxy groups -OCH3 is 1. The van der Waals surface area contributed by atoms with Crippen LogP contribution in [0.1, 0.15) is 57.3 Å². The molecule has 154 valence electrons. The maximum absolute atomic E-state index is 13.4. The van der Waals surface area contributed by atoms with E-state index in [0.29, 0.717) is 23.1 Å². The summed E-state index contributed by atoms with van der Waals surface area (Å²) in [6.45, 7) is 8.38. The Balaban J connectivity index is 2.08. The predicted molar refractivity (Wildman–Crippen MR) is 112 cm³/mol. The van der Waals surface area contributed by atoms with Crippen LogP contribution >= 0.6 is 11.3 Å². The molecule has 1 aromatic carbocycles. The Hall–Kier alpha value is -2.51. The van der Waals surface area contributed by atoms with E-state index in [4.69, 9.17) is 4.74 Å². The molecule has 1 aliphatic heterocycles. The third kappa shape index (κ3) is 3.97. The highest BCUT2D eigenvalue weighted by atomic mass is 32.1. The number of benzene rings is 1. The van der Waals surface area contributed by atoms with Gasteiger partial charge in [-0.1, -0.05) is 38.1 Å². The molecule has 1 amide bonds. The third-order valence-corrected chi connectivity index (χ3v) is 6.18. The SMILES string of the molecule is COCCN1C(=O)C(O)=C(C(=O)c2sc(C)nc2C)C1c1ccc(C(C)C)cc1. The summed E-state index contributed by atoms with van der Waals surface area (Å²) in [6, 6.07) is 7.18. The first-order valence-corrected chi connectivity index (χ1v) is 10.4. The first-order chi connectivity index (χ1) is 13.8. The average molecular weight is 415 g/mol. The van der Waals surface area contributed by atoms with Crippen LogP contribution in [-0.2, 0) is 9.53 Å². The summed E-state index contributed by atoms with van der Waals surface area (Å²) in [5.74, 6) is -1.03. The number of Topliss-reactive ketones (excluding diaryl/α,β-unsaturated/α-hetero) is 1. The second-order valence-electron chi connectivity index (χ2n) is 7.45. The van der Waals surface area contributed by atoms with E-state index < -0.39 is 17.7 Å². The highest BCUT2D eigenvalue weighted by molar-refractivity contribution is 7.14. The molecule has 0 saturated carbocycles. The number of ketones is 1. The minimum Gasteiger partial charge on any atom is -0.503 e. The number of carbonyl (C=O) groups excluding carboxylic acids is 2. The quantitative estimate of drug-likeness (QED) is 0.690. The van der Waals surface area contributed by atoms with Crippen LogP contribution in [0.15, 0.2) is 35.6 Å². The minimum absolute atomic E-state index is 0.107. The summed E-state index contributed by atoms with van der Waals surface area (Å²) in [7, 11) is 1.55. The monoisotopic (exact) mass is 414 g/mol. The molecule has 1 N–H and O–H groups in total. The van der Waals surface area contributed by atoms with Crippen LogP contribution in [0.3, 0.4) is 0 Å². The molecule has 3 rings (SSSR count). The van der Waals surface area contributed by atoms with E-state index in [0.717, 1.165) is 16.1 Å². The van der Waals surface area contributed by atoms with Crippen molar-refractivity contribution in [3.8, 4) is 0 Å². The molecule has 1 aromatic heterocycles. The fourth-order valence-corrected chi connectivity index (χ4v) is 4.45. The van der Waals surface area contributed by atoms with Gasteiger partial charge < -0.3 is 14.7 Å². The summed E-state index contributed by atoms with van der Waals surface area (Å²) in [6.07, 6.45) is 0. The number of aryl methyl sites for hydroxylation is 2. The number of thiazole rings is 1. The number of nitrogens with zero attached hydrogens (tertiary/aromatic N) is 2. The lowest BCUT2D eigenvalue weighted by molar-refractivity contribution is -0.130. The molecular formula is C22H26N2O4S. The van der Waals surface area contributed by atoms with E-state index in [1.807, 2.05) is 31.2 Å². The molecule has 0 saturated heterocycles. The summed E-state index contributed by atoms with van der Waals surface area (Å²) in [5, 5.41) is 11.4. The number of amides is 1. The molecule has 0 spiro atoms. The molecule has 1 aliphatic rings.